The number of Topliss-reactive ketones (excluding diaryl/α,β-unsaturated/α-hetero) is 1. The molecule has 0 saturated carbocycles. The normalized spacial score (nSPS) is 10.8. The third-order valence-electron chi connectivity index (χ3n) is 4.68. The number of hydrogen-bond donors (Lipinski definition) is 0. The molecule has 3 aromatic carbocycles. The Morgan fingerprint density at radius 1 is 0.969 bits per heavy atom. The van der Waals surface area contributed by atoms with Crippen molar-refractivity contribution in [2.75, 3.05) is 5.75 Å². The van der Waals surface area contributed by atoms with E-state index >= 15 is 0 Å². The maximum atomic E-state index is 12.7. The topological polar surface area (TPSA) is 57.0 Å². The van der Waals surface area contributed by atoms with Crippen LogP contribution in [0.2, 0.25) is 0 Å². The summed E-state index contributed by atoms with van der Waals surface area (Å²) in [5.74, 6) is 1.69. The van der Waals surface area contributed by atoms with Crippen LogP contribution in [0.5, 0.6) is 5.75 Å². The molecular weight excluding hydrogens is 554 g/mol. The van der Waals surface area contributed by atoms with E-state index in [2.05, 4.69) is 42.1 Å². The minimum absolute atomic E-state index is 0.0293. The lowest BCUT2D eigenvalue weighted by molar-refractivity contribution is 0.102. The van der Waals surface area contributed by atoms with E-state index < -0.39 is 0 Å². The third kappa shape index (κ3) is 5.49. The highest BCUT2D eigenvalue weighted by atomic mass is 79.9. The number of aromatic nitrogens is 3. The van der Waals surface area contributed by atoms with Gasteiger partial charge in [0.2, 0.25) is 0 Å². The Morgan fingerprint density at radius 3 is 2.41 bits per heavy atom. The Morgan fingerprint density at radius 2 is 1.69 bits per heavy atom. The van der Waals surface area contributed by atoms with E-state index in [1.165, 1.54) is 17.3 Å². The second-order valence-electron chi connectivity index (χ2n) is 7.01. The van der Waals surface area contributed by atoms with Crippen molar-refractivity contribution in [2.24, 2.45) is 0 Å². The molecule has 0 aliphatic heterocycles. The van der Waals surface area contributed by atoms with Crippen molar-refractivity contribution in [1.82, 2.24) is 14.8 Å². The van der Waals surface area contributed by atoms with E-state index in [4.69, 9.17) is 4.74 Å². The molecule has 0 amide bonds. The fraction of sp³-hybridized carbons (Fsp3) is 0.125. The summed E-state index contributed by atoms with van der Waals surface area (Å²) in [5.41, 5.74) is 2.72. The van der Waals surface area contributed by atoms with Gasteiger partial charge in [-0.2, -0.15) is 0 Å². The summed E-state index contributed by atoms with van der Waals surface area (Å²) < 4.78 is 9.72. The van der Waals surface area contributed by atoms with Gasteiger partial charge in [0.25, 0.3) is 0 Å². The van der Waals surface area contributed by atoms with Crippen LogP contribution in [-0.4, -0.2) is 26.3 Å². The van der Waals surface area contributed by atoms with Crippen molar-refractivity contribution in [1.29, 1.82) is 0 Å². The predicted molar refractivity (Wildman–Crippen MR) is 134 cm³/mol. The Hall–Kier alpha value is -2.42. The molecule has 0 fully saturated rings. The summed E-state index contributed by atoms with van der Waals surface area (Å²) >= 11 is 8.37. The van der Waals surface area contributed by atoms with Crippen LogP contribution in [0.4, 0.5) is 0 Å². The summed E-state index contributed by atoms with van der Waals surface area (Å²) in [6.07, 6.45) is 0. The van der Waals surface area contributed by atoms with Crippen LogP contribution in [0.1, 0.15) is 21.7 Å². The van der Waals surface area contributed by atoms with E-state index in [1.54, 1.807) is 0 Å². The first-order valence-electron chi connectivity index (χ1n) is 9.81. The number of aryl methyl sites for hydroxylation is 1. The maximum Gasteiger partial charge on any atom is 0.196 e. The summed E-state index contributed by atoms with van der Waals surface area (Å²) in [6.45, 7) is 2.28. The number of benzene rings is 3. The van der Waals surface area contributed by atoms with Crippen molar-refractivity contribution in [3.63, 3.8) is 0 Å². The van der Waals surface area contributed by atoms with Crippen LogP contribution in [0.25, 0.3) is 5.69 Å². The third-order valence-corrected chi connectivity index (χ3v) is 6.81. The second kappa shape index (κ2) is 10.5. The molecule has 32 heavy (non-hydrogen) atoms. The van der Waals surface area contributed by atoms with E-state index in [9.17, 15) is 4.79 Å². The molecule has 0 spiro atoms. The molecule has 0 unspecified atom stereocenters. The maximum absolute atomic E-state index is 12.7. The van der Waals surface area contributed by atoms with Crippen molar-refractivity contribution in [2.45, 2.75) is 18.7 Å². The number of carbonyl (C=O) groups excluding carboxylic acids is 1. The summed E-state index contributed by atoms with van der Waals surface area (Å²) in [4.78, 5) is 12.7. The molecule has 0 radical (unpaired) electrons. The molecule has 4 aromatic rings. The smallest absolute Gasteiger partial charge is 0.196 e. The summed E-state index contributed by atoms with van der Waals surface area (Å²) in [6, 6.07) is 23.1. The standard InChI is InChI=1S/C24H19Br2N3O2S/c1-16-6-12-19(13-7-16)31-14-23-27-28-24(29(23)21-5-3-2-4-20(21)26)32-15-22(30)17-8-10-18(25)11-9-17/h2-13H,14-15H2,1H3. The Balaban J connectivity index is 1.57. The van der Waals surface area contributed by atoms with Gasteiger partial charge in [-0.25, -0.2) is 0 Å². The Labute approximate surface area is 207 Å². The largest absolute Gasteiger partial charge is 0.486 e. The lowest BCUT2D eigenvalue weighted by Gasteiger charge is -2.12. The van der Waals surface area contributed by atoms with Gasteiger partial charge in [-0.15, -0.1) is 10.2 Å². The molecular formula is C24H19Br2N3O2S. The molecule has 4 rings (SSSR count). The number of hydrogen-bond acceptors (Lipinski definition) is 5. The highest BCUT2D eigenvalue weighted by Crippen LogP contribution is 2.28. The van der Waals surface area contributed by atoms with Crippen LogP contribution < -0.4 is 4.74 Å². The fourth-order valence-electron chi connectivity index (χ4n) is 2.99. The van der Waals surface area contributed by atoms with Crippen molar-refractivity contribution in [3.05, 3.63) is 98.7 Å². The van der Waals surface area contributed by atoms with Gasteiger partial charge in [-0.05, 0) is 59.3 Å². The highest BCUT2D eigenvalue weighted by Gasteiger charge is 2.18. The van der Waals surface area contributed by atoms with Gasteiger partial charge in [0.1, 0.15) is 12.4 Å². The second-order valence-corrected chi connectivity index (χ2v) is 9.72. The molecule has 1 heterocycles. The number of thioether (sulfide) groups is 1. The van der Waals surface area contributed by atoms with Crippen LogP contribution in [-0.2, 0) is 6.61 Å². The zero-order valence-electron chi connectivity index (χ0n) is 17.2. The lowest BCUT2D eigenvalue weighted by atomic mass is 10.2. The molecule has 0 aliphatic rings. The molecule has 162 valence electrons. The molecule has 0 N–H and O–H groups in total. The molecule has 0 saturated heterocycles. The molecule has 0 aliphatic carbocycles. The Bertz CT molecular complexity index is 1220. The zero-order valence-corrected chi connectivity index (χ0v) is 21.2. The number of halogens is 2. The first-order chi connectivity index (χ1) is 15.5. The number of nitrogens with zero attached hydrogens (tertiary/aromatic N) is 3. The van der Waals surface area contributed by atoms with E-state index in [1.807, 2.05) is 84.3 Å². The van der Waals surface area contributed by atoms with Crippen LogP contribution in [0, 0.1) is 6.92 Å². The monoisotopic (exact) mass is 571 g/mol. The number of ketones is 1. The van der Waals surface area contributed by atoms with Crippen LogP contribution in [0.3, 0.4) is 0 Å². The number of rotatable bonds is 8. The number of carbonyl (C=O) groups is 1. The Kier molecular flexibility index (Phi) is 7.44. The van der Waals surface area contributed by atoms with Crippen LogP contribution in [0.15, 0.2) is 86.9 Å². The van der Waals surface area contributed by atoms with Gasteiger partial charge in [-0.1, -0.05) is 69.7 Å². The van der Waals surface area contributed by atoms with E-state index in [0.29, 0.717) is 16.5 Å². The quantitative estimate of drug-likeness (QED) is 0.175. The molecule has 8 heteroatoms. The van der Waals surface area contributed by atoms with Crippen LogP contribution >= 0.6 is 43.6 Å². The first kappa shape index (κ1) is 22.8. The minimum atomic E-state index is 0.0293. The summed E-state index contributed by atoms with van der Waals surface area (Å²) in [5, 5.41) is 9.34. The van der Waals surface area contributed by atoms with Crippen molar-refractivity contribution < 1.29 is 9.53 Å². The van der Waals surface area contributed by atoms with Gasteiger partial charge in [0, 0.05) is 14.5 Å². The average molecular weight is 573 g/mol. The van der Waals surface area contributed by atoms with Crippen molar-refractivity contribution >= 4 is 49.4 Å². The zero-order chi connectivity index (χ0) is 22.5. The van der Waals surface area contributed by atoms with Gasteiger partial charge in [-0.3, -0.25) is 9.36 Å². The first-order valence-corrected chi connectivity index (χ1v) is 12.4. The number of ether oxygens (including phenoxy) is 1. The van der Waals surface area contributed by atoms with Crippen molar-refractivity contribution in [3.8, 4) is 11.4 Å². The number of para-hydroxylation sites is 1. The average Bonchev–Trinajstić information content (AvgIpc) is 3.20. The molecule has 1 aromatic heterocycles. The SMILES string of the molecule is Cc1ccc(OCc2nnc(SCC(=O)c3ccc(Br)cc3)n2-c2ccccc2Br)cc1. The molecule has 0 atom stereocenters. The van der Waals surface area contributed by atoms with Gasteiger partial charge >= 0.3 is 0 Å². The van der Waals surface area contributed by atoms with E-state index in [0.717, 1.165) is 20.4 Å². The molecule has 5 nitrogen and oxygen atoms in total. The minimum Gasteiger partial charge on any atom is -0.486 e. The van der Waals surface area contributed by atoms with Gasteiger partial charge in [0.05, 0.1) is 11.4 Å². The lowest BCUT2D eigenvalue weighted by Crippen LogP contribution is -2.08. The molecule has 0 bridgehead atoms. The van der Waals surface area contributed by atoms with Gasteiger partial charge in [0.15, 0.2) is 16.8 Å². The fourth-order valence-corrected chi connectivity index (χ4v) is 4.58. The predicted octanol–water partition coefficient (Wildman–Crippen LogP) is 6.65. The summed E-state index contributed by atoms with van der Waals surface area (Å²) in [7, 11) is 0. The van der Waals surface area contributed by atoms with Gasteiger partial charge < -0.3 is 4.74 Å². The highest BCUT2D eigenvalue weighted by molar-refractivity contribution is 9.10. The van der Waals surface area contributed by atoms with E-state index in [-0.39, 0.29) is 18.1 Å².